The van der Waals surface area contributed by atoms with Gasteiger partial charge in [-0.2, -0.15) is 5.10 Å². The highest BCUT2D eigenvalue weighted by Crippen LogP contribution is 2.26. The molecule has 0 saturated carbocycles. The molecule has 21 heavy (non-hydrogen) atoms. The van der Waals surface area contributed by atoms with Crippen molar-refractivity contribution in [2.75, 3.05) is 11.1 Å². The monoisotopic (exact) mass is 308 g/mol. The first-order valence-electron chi connectivity index (χ1n) is 6.65. The minimum atomic E-state index is -0.112. The molecule has 7 heteroatoms. The summed E-state index contributed by atoms with van der Waals surface area (Å²) in [6.07, 6.45) is 1.71. The maximum atomic E-state index is 11.9. The van der Waals surface area contributed by atoms with Crippen LogP contribution in [0.3, 0.4) is 0 Å². The van der Waals surface area contributed by atoms with Gasteiger partial charge in [0.25, 0.3) is 5.22 Å². The average molecular weight is 308 g/mol. The number of anilines is 1. The van der Waals surface area contributed by atoms with E-state index in [0.29, 0.717) is 11.0 Å². The Bertz CT molecular complexity index is 640. The Morgan fingerprint density at radius 2 is 2.19 bits per heavy atom. The zero-order valence-electron chi connectivity index (χ0n) is 12.9. The van der Waals surface area contributed by atoms with Crippen molar-refractivity contribution in [2.45, 2.75) is 38.3 Å². The first-order valence-corrected chi connectivity index (χ1v) is 7.64. The van der Waals surface area contributed by atoms with Crippen LogP contribution in [-0.4, -0.2) is 26.4 Å². The summed E-state index contributed by atoms with van der Waals surface area (Å²) in [6.45, 7) is 8.05. The summed E-state index contributed by atoms with van der Waals surface area (Å²) in [7, 11) is 1.79. The van der Waals surface area contributed by atoms with Gasteiger partial charge in [-0.25, -0.2) is 4.98 Å². The van der Waals surface area contributed by atoms with Gasteiger partial charge in [0, 0.05) is 18.5 Å². The summed E-state index contributed by atoms with van der Waals surface area (Å²) in [5, 5.41) is 7.50. The molecular formula is C14H20N4O2S. The highest BCUT2D eigenvalue weighted by Gasteiger charge is 2.19. The fourth-order valence-electron chi connectivity index (χ4n) is 1.71. The van der Waals surface area contributed by atoms with Crippen molar-refractivity contribution in [2.24, 2.45) is 7.05 Å². The van der Waals surface area contributed by atoms with E-state index in [9.17, 15) is 4.79 Å². The third-order valence-corrected chi connectivity index (χ3v) is 3.66. The minimum Gasteiger partial charge on any atom is -0.436 e. The fraction of sp³-hybridized carbons (Fsp3) is 0.500. The number of rotatable bonds is 4. The quantitative estimate of drug-likeness (QED) is 0.879. The molecule has 2 rings (SSSR count). The van der Waals surface area contributed by atoms with Crippen LogP contribution in [0.2, 0.25) is 0 Å². The molecule has 1 N–H and O–H groups in total. The van der Waals surface area contributed by atoms with E-state index in [1.165, 1.54) is 11.8 Å². The van der Waals surface area contributed by atoms with Crippen LogP contribution in [0.5, 0.6) is 0 Å². The van der Waals surface area contributed by atoms with Crippen molar-refractivity contribution >= 4 is 23.5 Å². The summed E-state index contributed by atoms with van der Waals surface area (Å²) in [6, 6.07) is 1.82. The van der Waals surface area contributed by atoms with Gasteiger partial charge in [0.15, 0.2) is 0 Å². The second kappa shape index (κ2) is 5.93. The van der Waals surface area contributed by atoms with Crippen LogP contribution in [0, 0.1) is 6.92 Å². The third-order valence-electron chi connectivity index (χ3n) is 2.82. The van der Waals surface area contributed by atoms with Gasteiger partial charge in [0.05, 0.1) is 17.6 Å². The van der Waals surface area contributed by atoms with Gasteiger partial charge in [-0.15, -0.1) is 0 Å². The van der Waals surface area contributed by atoms with E-state index in [2.05, 4.69) is 36.2 Å². The fourth-order valence-corrected chi connectivity index (χ4v) is 2.31. The van der Waals surface area contributed by atoms with Crippen LogP contribution in [0.25, 0.3) is 0 Å². The molecule has 2 aromatic rings. The smallest absolute Gasteiger partial charge is 0.256 e. The van der Waals surface area contributed by atoms with Crippen LogP contribution >= 0.6 is 11.8 Å². The van der Waals surface area contributed by atoms with Gasteiger partial charge in [0.1, 0.15) is 11.6 Å². The molecule has 2 heterocycles. The van der Waals surface area contributed by atoms with Crippen molar-refractivity contribution in [3.05, 3.63) is 23.7 Å². The van der Waals surface area contributed by atoms with Crippen LogP contribution in [0.1, 0.15) is 32.2 Å². The number of hydrogen-bond acceptors (Lipinski definition) is 5. The summed E-state index contributed by atoms with van der Waals surface area (Å²) >= 11 is 1.28. The molecule has 0 aliphatic rings. The highest BCUT2D eigenvalue weighted by molar-refractivity contribution is 7.99. The Morgan fingerprint density at radius 3 is 2.71 bits per heavy atom. The molecule has 0 aliphatic heterocycles. The molecule has 0 aliphatic carbocycles. The molecule has 0 spiro atoms. The molecule has 0 unspecified atom stereocenters. The van der Waals surface area contributed by atoms with E-state index < -0.39 is 0 Å². The number of nitrogens with zero attached hydrogens (tertiary/aromatic N) is 3. The van der Waals surface area contributed by atoms with Gasteiger partial charge < -0.3 is 9.73 Å². The summed E-state index contributed by atoms with van der Waals surface area (Å²) in [4.78, 5) is 16.1. The molecule has 0 saturated heterocycles. The molecule has 0 bridgehead atoms. The van der Waals surface area contributed by atoms with Crippen molar-refractivity contribution < 1.29 is 9.21 Å². The van der Waals surface area contributed by atoms with Crippen LogP contribution < -0.4 is 5.32 Å². The van der Waals surface area contributed by atoms with Gasteiger partial charge >= 0.3 is 0 Å². The Hall–Kier alpha value is -1.76. The largest absolute Gasteiger partial charge is 0.436 e. The number of nitrogens with one attached hydrogen (secondary N) is 1. The Kier molecular flexibility index (Phi) is 4.41. The molecule has 0 aromatic carbocycles. The van der Waals surface area contributed by atoms with Gasteiger partial charge in [-0.05, 0) is 6.92 Å². The van der Waals surface area contributed by atoms with E-state index in [4.69, 9.17) is 4.42 Å². The van der Waals surface area contributed by atoms with Gasteiger partial charge in [0.2, 0.25) is 5.91 Å². The molecule has 1 amide bonds. The number of hydrogen-bond donors (Lipinski definition) is 1. The lowest BCUT2D eigenvalue weighted by atomic mass is 9.94. The summed E-state index contributed by atoms with van der Waals surface area (Å²) < 4.78 is 7.27. The van der Waals surface area contributed by atoms with Crippen molar-refractivity contribution in [1.82, 2.24) is 14.8 Å². The van der Waals surface area contributed by atoms with E-state index in [1.807, 2.05) is 13.0 Å². The first-order chi connectivity index (χ1) is 9.75. The third kappa shape index (κ3) is 4.10. The van der Waals surface area contributed by atoms with E-state index in [-0.39, 0.29) is 17.1 Å². The predicted molar refractivity (Wildman–Crippen MR) is 82.5 cm³/mol. The molecule has 6 nitrogen and oxygen atoms in total. The van der Waals surface area contributed by atoms with Gasteiger partial charge in [-0.3, -0.25) is 9.48 Å². The Labute approximate surface area is 128 Å². The number of amides is 1. The predicted octanol–water partition coefficient (Wildman–Crippen LogP) is 2.74. The maximum Gasteiger partial charge on any atom is 0.256 e. The number of carbonyl (C=O) groups excluding carboxylic acids is 1. The Balaban J connectivity index is 1.89. The lowest BCUT2D eigenvalue weighted by Crippen LogP contribution is -2.16. The second-order valence-corrected chi connectivity index (χ2v) is 6.80. The minimum absolute atomic E-state index is 0.0830. The molecule has 0 fully saturated rings. The zero-order valence-corrected chi connectivity index (χ0v) is 13.7. The summed E-state index contributed by atoms with van der Waals surface area (Å²) in [5.74, 6) is 1.63. The van der Waals surface area contributed by atoms with Crippen LogP contribution in [0.4, 0.5) is 5.82 Å². The number of carbonyl (C=O) groups is 1. The highest BCUT2D eigenvalue weighted by atomic mass is 32.2. The number of aromatic nitrogens is 3. The van der Waals surface area contributed by atoms with Crippen molar-refractivity contribution in [3.8, 4) is 0 Å². The zero-order chi connectivity index (χ0) is 15.6. The normalized spacial score (nSPS) is 11.7. The molecule has 114 valence electrons. The summed E-state index contributed by atoms with van der Waals surface area (Å²) in [5.41, 5.74) is 0.781. The number of aryl methyl sites for hydroxylation is 2. The maximum absolute atomic E-state index is 11.9. The molecule has 2 aromatic heterocycles. The lowest BCUT2D eigenvalue weighted by molar-refractivity contribution is -0.113. The standard InChI is InChI=1S/C14H20N4O2S/c1-9-6-11(18(5)17-9)16-12(19)8-21-13-15-7-10(20-13)14(2,3)4/h6-7H,8H2,1-5H3,(H,16,19). The van der Waals surface area contributed by atoms with Crippen LogP contribution in [-0.2, 0) is 17.3 Å². The number of thioether (sulfide) groups is 1. The molecule has 0 atom stereocenters. The SMILES string of the molecule is Cc1cc(NC(=O)CSc2ncc(C(C)(C)C)o2)n(C)n1. The van der Waals surface area contributed by atoms with Crippen molar-refractivity contribution in [3.63, 3.8) is 0 Å². The van der Waals surface area contributed by atoms with E-state index in [1.54, 1.807) is 17.9 Å². The lowest BCUT2D eigenvalue weighted by Gasteiger charge is -2.12. The van der Waals surface area contributed by atoms with E-state index >= 15 is 0 Å². The van der Waals surface area contributed by atoms with Gasteiger partial charge in [-0.1, -0.05) is 32.5 Å². The van der Waals surface area contributed by atoms with Crippen LogP contribution in [0.15, 0.2) is 21.9 Å². The van der Waals surface area contributed by atoms with E-state index in [0.717, 1.165) is 11.5 Å². The average Bonchev–Trinajstić information content (AvgIpc) is 2.94. The molecule has 0 radical (unpaired) electrons. The Morgan fingerprint density at radius 1 is 1.48 bits per heavy atom. The second-order valence-electron chi connectivity index (χ2n) is 5.87. The topological polar surface area (TPSA) is 73.0 Å². The van der Waals surface area contributed by atoms with Crippen molar-refractivity contribution in [1.29, 1.82) is 0 Å². The molecular weight excluding hydrogens is 288 g/mol. The number of oxazole rings is 1. The first kappa shape index (κ1) is 15.6.